The minimum Gasteiger partial charge on any atom is -0.351 e. The Bertz CT molecular complexity index is 745. The number of nitrogens with two attached hydrogens (primary N) is 1. The molecular formula is C18H20N4O3. The van der Waals surface area contributed by atoms with Crippen molar-refractivity contribution in [3.8, 4) is 0 Å². The molecule has 0 unspecified atom stereocenters. The van der Waals surface area contributed by atoms with Crippen LogP contribution in [0.4, 0.5) is 10.5 Å². The summed E-state index contributed by atoms with van der Waals surface area (Å²) in [6, 6.07) is 15.1. The van der Waals surface area contributed by atoms with Gasteiger partial charge in [-0.15, -0.1) is 0 Å². The van der Waals surface area contributed by atoms with Gasteiger partial charge < -0.3 is 21.3 Å². The molecule has 0 saturated heterocycles. The van der Waals surface area contributed by atoms with E-state index in [0.717, 1.165) is 5.56 Å². The van der Waals surface area contributed by atoms with Gasteiger partial charge in [0, 0.05) is 24.8 Å². The van der Waals surface area contributed by atoms with E-state index in [1.807, 2.05) is 6.07 Å². The second-order valence-electron chi connectivity index (χ2n) is 5.49. The van der Waals surface area contributed by atoms with Crippen molar-refractivity contribution in [1.82, 2.24) is 10.2 Å². The predicted octanol–water partition coefficient (Wildman–Crippen LogP) is 1.57. The highest BCUT2D eigenvalue weighted by atomic mass is 16.2. The number of anilines is 1. The monoisotopic (exact) mass is 340 g/mol. The predicted molar refractivity (Wildman–Crippen MR) is 94.9 cm³/mol. The number of hydrogen-bond acceptors (Lipinski definition) is 3. The van der Waals surface area contributed by atoms with Gasteiger partial charge in [0.1, 0.15) is 0 Å². The second-order valence-corrected chi connectivity index (χ2v) is 5.49. The topological polar surface area (TPSA) is 105 Å². The van der Waals surface area contributed by atoms with E-state index >= 15 is 0 Å². The Kier molecular flexibility index (Phi) is 6.11. The van der Waals surface area contributed by atoms with Crippen molar-refractivity contribution in [3.05, 3.63) is 65.7 Å². The van der Waals surface area contributed by atoms with Crippen molar-refractivity contribution in [2.45, 2.75) is 6.54 Å². The molecule has 0 radical (unpaired) electrons. The molecule has 130 valence electrons. The normalized spacial score (nSPS) is 9.96. The molecule has 4 amide bonds. The van der Waals surface area contributed by atoms with Crippen LogP contribution in [-0.2, 0) is 11.3 Å². The minimum atomic E-state index is -0.632. The van der Waals surface area contributed by atoms with E-state index in [0.29, 0.717) is 17.8 Å². The Morgan fingerprint density at radius 2 is 1.64 bits per heavy atom. The molecule has 4 N–H and O–H groups in total. The first-order valence-electron chi connectivity index (χ1n) is 7.68. The molecule has 2 rings (SSSR count). The van der Waals surface area contributed by atoms with Crippen LogP contribution in [0.5, 0.6) is 0 Å². The molecule has 2 aromatic carbocycles. The summed E-state index contributed by atoms with van der Waals surface area (Å²) in [6.07, 6.45) is 0. The first-order valence-corrected chi connectivity index (χ1v) is 7.68. The minimum absolute atomic E-state index is 0.0327. The summed E-state index contributed by atoms with van der Waals surface area (Å²) in [5.41, 5.74) is 7.01. The largest absolute Gasteiger partial charge is 0.351 e. The number of amides is 4. The highest BCUT2D eigenvalue weighted by Gasteiger charge is 2.14. The zero-order valence-corrected chi connectivity index (χ0v) is 13.9. The van der Waals surface area contributed by atoms with Crippen LogP contribution in [0.25, 0.3) is 0 Å². The van der Waals surface area contributed by atoms with Gasteiger partial charge in [0.15, 0.2) is 0 Å². The van der Waals surface area contributed by atoms with Crippen LogP contribution in [-0.4, -0.2) is 36.3 Å². The highest BCUT2D eigenvalue weighted by molar-refractivity contribution is 5.96. The third-order valence-electron chi connectivity index (χ3n) is 3.46. The van der Waals surface area contributed by atoms with E-state index in [1.165, 1.54) is 4.90 Å². The van der Waals surface area contributed by atoms with Crippen LogP contribution in [0.15, 0.2) is 54.6 Å². The lowest BCUT2D eigenvalue weighted by molar-refractivity contribution is -0.121. The average molecular weight is 340 g/mol. The molecule has 0 fully saturated rings. The number of carbonyl (C=O) groups is 3. The van der Waals surface area contributed by atoms with Crippen LogP contribution in [0.3, 0.4) is 0 Å². The van der Waals surface area contributed by atoms with Crippen LogP contribution >= 0.6 is 0 Å². The van der Waals surface area contributed by atoms with E-state index in [-0.39, 0.29) is 18.4 Å². The summed E-state index contributed by atoms with van der Waals surface area (Å²) in [6.45, 7) is 0.290. The molecule has 7 heteroatoms. The Morgan fingerprint density at radius 3 is 2.24 bits per heavy atom. The smallest absolute Gasteiger partial charge is 0.316 e. The summed E-state index contributed by atoms with van der Waals surface area (Å²) in [4.78, 5) is 36.3. The van der Waals surface area contributed by atoms with Crippen molar-refractivity contribution in [3.63, 3.8) is 0 Å². The summed E-state index contributed by atoms with van der Waals surface area (Å²) < 4.78 is 0. The van der Waals surface area contributed by atoms with Gasteiger partial charge in [-0.1, -0.05) is 30.3 Å². The van der Waals surface area contributed by atoms with Gasteiger partial charge >= 0.3 is 6.03 Å². The highest BCUT2D eigenvalue weighted by Crippen LogP contribution is 2.09. The molecule has 2 aromatic rings. The maximum absolute atomic E-state index is 12.2. The van der Waals surface area contributed by atoms with Crippen molar-refractivity contribution >= 4 is 23.5 Å². The van der Waals surface area contributed by atoms with E-state index in [2.05, 4.69) is 10.6 Å². The van der Waals surface area contributed by atoms with Crippen LogP contribution < -0.4 is 16.4 Å². The molecular weight excluding hydrogens is 320 g/mol. The molecule has 0 aliphatic heterocycles. The first kappa shape index (κ1) is 18.0. The third-order valence-corrected chi connectivity index (χ3v) is 3.46. The maximum Gasteiger partial charge on any atom is 0.316 e. The Hall–Kier alpha value is -3.35. The summed E-state index contributed by atoms with van der Waals surface area (Å²) in [5, 5.41) is 5.21. The fourth-order valence-corrected chi connectivity index (χ4v) is 2.19. The zero-order chi connectivity index (χ0) is 18.2. The van der Waals surface area contributed by atoms with Crippen LogP contribution in [0.2, 0.25) is 0 Å². The van der Waals surface area contributed by atoms with Crippen molar-refractivity contribution in [2.75, 3.05) is 18.9 Å². The van der Waals surface area contributed by atoms with Gasteiger partial charge in [0.25, 0.3) is 5.91 Å². The molecule has 0 bridgehead atoms. The van der Waals surface area contributed by atoms with Gasteiger partial charge in [-0.2, -0.15) is 0 Å². The number of nitrogens with zero attached hydrogens (tertiary/aromatic N) is 1. The number of carbonyl (C=O) groups excluding carboxylic acids is 3. The van der Waals surface area contributed by atoms with Crippen molar-refractivity contribution in [2.24, 2.45) is 5.73 Å². The van der Waals surface area contributed by atoms with E-state index in [4.69, 9.17) is 5.73 Å². The molecule has 0 aliphatic rings. The Balaban J connectivity index is 1.82. The standard InChI is InChI=1S/C18H20N4O3/c1-22(17(24)14-5-3-2-4-6-14)12-16(23)20-11-13-7-9-15(10-8-13)21-18(19)25/h2-10H,11-12H2,1H3,(H,20,23)(H3,19,21,25). The average Bonchev–Trinajstić information content (AvgIpc) is 2.60. The SMILES string of the molecule is CN(CC(=O)NCc1ccc(NC(N)=O)cc1)C(=O)c1ccccc1. The van der Waals surface area contributed by atoms with Gasteiger partial charge in [0.2, 0.25) is 5.91 Å². The number of rotatable bonds is 6. The molecule has 0 atom stereocenters. The fourth-order valence-electron chi connectivity index (χ4n) is 2.19. The van der Waals surface area contributed by atoms with Gasteiger partial charge in [-0.05, 0) is 29.8 Å². The third kappa shape index (κ3) is 5.65. The second kappa shape index (κ2) is 8.49. The number of nitrogens with one attached hydrogen (secondary N) is 2. The van der Waals surface area contributed by atoms with Gasteiger partial charge in [-0.25, -0.2) is 4.79 Å². The summed E-state index contributed by atoms with van der Waals surface area (Å²) >= 11 is 0. The van der Waals surface area contributed by atoms with Crippen molar-refractivity contribution < 1.29 is 14.4 Å². The number of benzene rings is 2. The quantitative estimate of drug-likeness (QED) is 0.743. The number of likely N-dealkylation sites (N-methyl/N-ethyl adjacent to an activating group) is 1. The van der Waals surface area contributed by atoms with Crippen LogP contribution in [0.1, 0.15) is 15.9 Å². The molecule has 0 aliphatic carbocycles. The summed E-state index contributed by atoms with van der Waals surface area (Å²) in [5.74, 6) is -0.469. The first-order chi connectivity index (χ1) is 12.0. The lowest BCUT2D eigenvalue weighted by Gasteiger charge is -2.17. The zero-order valence-electron chi connectivity index (χ0n) is 13.9. The van der Waals surface area contributed by atoms with Gasteiger partial charge in [0.05, 0.1) is 6.54 Å². The van der Waals surface area contributed by atoms with E-state index in [1.54, 1.807) is 55.6 Å². The lowest BCUT2D eigenvalue weighted by atomic mass is 10.2. The molecule has 0 aromatic heterocycles. The molecule has 25 heavy (non-hydrogen) atoms. The maximum atomic E-state index is 12.2. The van der Waals surface area contributed by atoms with Crippen LogP contribution in [0, 0.1) is 0 Å². The summed E-state index contributed by atoms with van der Waals surface area (Å²) in [7, 11) is 1.58. The van der Waals surface area contributed by atoms with Gasteiger partial charge in [-0.3, -0.25) is 9.59 Å². The lowest BCUT2D eigenvalue weighted by Crippen LogP contribution is -2.38. The number of hydrogen-bond donors (Lipinski definition) is 3. The molecule has 7 nitrogen and oxygen atoms in total. The Morgan fingerprint density at radius 1 is 1.00 bits per heavy atom. The molecule has 0 spiro atoms. The molecule has 0 heterocycles. The molecule has 0 saturated carbocycles. The fraction of sp³-hybridized carbons (Fsp3) is 0.167. The number of urea groups is 1. The Labute approximate surface area is 145 Å². The van der Waals surface area contributed by atoms with E-state index < -0.39 is 6.03 Å². The van der Waals surface area contributed by atoms with E-state index in [9.17, 15) is 14.4 Å². The van der Waals surface area contributed by atoms with Crippen molar-refractivity contribution in [1.29, 1.82) is 0 Å². The number of primary amides is 1.